The first-order valence-corrected chi connectivity index (χ1v) is 6.14. The highest BCUT2D eigenvalue weighted by molar-refractivity contribution is 5.94. The molecule has 110 valence electrons. The second-order valence-electron chi connectivity index (χ2n) is 4.62. The van der Waals surface area contributed by atoms with Gasteiger partial charge in [-0.2, -0.15) is 0 Å². The van der Waals surface area contributed by atoms with E-state index in [9.17, 15) is 15.0 Å². The molecule has 6 N–H and O–H groups in total. The Balaban J connectivity index is 2.23. The van der Waals surface area contributed by atoms with Crippen molar-refractivity contribution < 1.29 is 20.1 Å². The van der Waals surface area contributed by atoms with Crippen LogP contribution in [0.25, 0.3) is 0 Å². The molecule has 7 nitrogen and oxygen atoms in total. The minimum atomic E-state index is -1.16. The van der Waals surface area contributed by atoms with Crippen molar-refractivity contribution in [3.63, 3.8) is 0 Å². The Hall–Kier alpha value is -2.96. The first kappa shape index (κ1) is 14.4. The maximum Gasteiger partial charge on any atom is 0.323 e. The third-order valence-corrected chi connectivity index (χ3v) is 3.08. The molecular formula is C14H15N3O4. The first-order chi connectivity index (χ1) is 9.88. The molecule has 1 heterocycles. The van der Waals surface area contributed by atoms with Crippen molar-refractivity contribution in [3.8, 4) is 11.8 Å². The molecule has 0 unspecified atom stereocenters. The number of amidine groups is 1. The van der Waals surface area contributed by atoms with Crippen LogP contribution in [0.15, 0.2) is 30.3 Å². The van der Waals surface area contributed by atoms with Gasteiger partial charge in [0.15, 0.2) is 11.8 Å². The van der Waals surface area contributed by atoms with Crippen molar-refractivity contribution in [3.05, 3.63) is 47.0 Å². The third-order valence-electron chi connectivity index (χ3n) is 3.08. The lowest BCUT2D eigenvalue weighted by atomic mass is 10.1. The van der Waals surface area contributed by atoms with Gasteiger partial charge in [0.2, 0.25) is 0 Å². The maximum atomic E-state index is 10.7. The van der Waals surface area contributed by atoms with E-state index in [1.165, 1.54) is 6.07 Å². The Bertz CT molecular complexity index is 689. The number of nitrogens with one attached hydrogen (secondary N) is 1. The van der Waals surface area contributed by atoms with Gasteiger partial charge in [0.25, 0.3) is 0 Å². The lowest BCUT2D eigenvalue weighted by Crippen LogP contribution is -2.10. The van der Waals surface area contributed by atoms with Crippen LogP contribution in [-0.4, -0.2) is 31.7 Å². The van der Waals surface area contributed by atoms with E-state index in [4.69, 9.17) is 16.2 Å². The highest BCUT2D eigenvalue weighted by Crippen LogP contribution is 2.29. The fraction of sp³-hybridized carbons (Fsp3) is 0.143. The number of carboxylic acid groups (broad SMARTS) is 1. The number of aromatic hydroxyl groups is 2. The second kappa shape index (κ2) is 5.58. The zero-order valence-electron chi connectivity index (χ0n) is 11.1. The van der Waals surface area contributed by atoms with Crippen molar-refractivity contribution in [1.29, 1.82) is 5.41 Å². The van der Waals surface area contributed by atoms with E-state index in [0.717, 1.165) is 10.1 Å². The number of aromatic nitrogens is 1. The van der Waals surface area contributed by atoms with Gasteiger partial charge in [-0.05, 0) is 5.56 Å². The molecule has 7 heteroatoms. The molecule has 0 radical (unpaired) electrons. The third kappa shape index (κ3) is 3.14. The molecule has 1 aromatic heterocycles. The summed E-state index contributed by atoms with van der Waals surface area (Å²) in [5.74, 6) is -1.76. The van der Waals surface area contributed by atoms with Crippen LogP contribution >= 0.6 is 0 Å². The topological polar surface area (TPSA) is 133 Å². The van der Waals surface area contributed by atoms with Gasteiger partial charge in [-0.3, -0.25) is 14.8 Å². The molecule has 0 amide bonds. The number of nitrogen functional groups attached to an aromatic ring is 1. The molecule has 0 bridgehead atoms. The largest absolute Gasteiger partial charge is 0.494 e. The number of rotatable bonds is 5. The fourth-order valence-corrected chi connectivity index (χ4v) is 2.02. The lowest BCUT2D eigenvalue weighted by molar-refractivity contribution is -0.137. The molecular weight excluding hydrogens is 274 g/mol. The normalized spacial score (nSPS) is 10.5. The molecule has 0 atom stereocenters. The molecule has 2 aromatic rings. The van der Waals surface area contributed by atoms with Crippen molar-refractivity contribution in [2.24, 2.45) is 5.73 Å². The Kier molecular flexibility index (Phi) is 3.84. The summed E-state index contributed by atoms with van der Waals surface area (Å²) in [5.41, 5.74) is 7.21. The van der Waals surface area contributed by atoms with E-state index in [-0.39, 0.29) is 17.6 Å². The summed E-state index contributed by atoms with van der Waals surface area (Å²) >= 11 is 0. The van der Waals surface area contributed by atoms with Crippen LogP contribution in [0, 0.1) is 5.41 Å². The average molecular weight is 289 g/mol. The van der Waals surface area contributed by atoms with E-state index in [1.54, 1.807) is 24.3 Å². The predicted octanol–water partition coefficient (Wildman–Crippen LogP) is 0.859. The predicted molar refractivity (Wildman–Crippen MR) is 75.7 cm³/mol. The Morgan fingerprint density at radius 2 is 1.86 bits per heavy atom. The SMILES string of the molecule is N=C(N)c1ccc(Cc2cc(O)n(CC(=O)O)c2O)cc1. The molecule has 0 aliphatic heterocycles. The number of carbonyl (C=O) groups is 1. The quantitative estimate of drug-likeness (QED) is 0.411. The second-order valence-corrected chi connectivity index (χ2v) is 4.62. The van der Waals surface area contributed by atoms with Gasteiger partial charge in [-0.1, -0.05) is 24.3 Å². The standard InChI is InChI=1S/C14H15N3O4/c15-13(16)9-3-1-8(2-4-9)5-10-6-11(18)17(14(10)21)7-12(19)20/h1-4,6,18,21H,5,7H2,(H3,15,16)(H,19,20). The van der Waals surface area contributed by atoms with Crippen LogP contribution in [0.2, 0.25) is 0 Å². The zero-order chi connectivity index (χ0) is 15.6. The molecule has 0 saturated carbocycles. The highest BCUT2D eigenvalue weighted by atomic mass is 16.4. The van der Waals surface area contributed by atoms with Crippen LogP contribution < -0.4 is 5.73 Å². The first-order valence-electron chi connectivity index (χ1n) is 6.14. The molecule has 0 aliphatic carbocycles. The van der Waals surface area contributed by atoms with Gasteiger partial charge in [-0.25, -0.2) is 0 Å². The van der Waals surface area contributed by atoms with Gasteiger partial charge in [0.1, 0.15) is 12.4 Å². The smallest absolute Gasteiger partial charge is 0.323 e. The Morgan fingerprint density at radius 3 is 2.38 bits per heavy atom. The number of hydrogen-bond acceptors (Lipinski definition) is 4. The van der Waals surface area contributed by atoms with Crippen molar-refractivity contribution >= 4 is 11.8 Å². The number of carboxylic acids is 1. The zero-order valence-corrected chi connectivity index (χ0v) is 11.1. The molecule has 0 spiro atoms. The van der Waals surface area contributed by atoms with Crippen LogP contribution in [0.3, 0.4) is 0 Å². The van der Waals surface area contributed by atoms with Crippen LogP contribution in [0.4, 0.5) is 0 Å². The van der Waals surface area contributed by atoms with Gasteiger partial charge >= 0.3 is 5.97 Å². The van der Waals surface area contributed by atoms with Crippen molar-refractivity contribution in [1.82, 2.24) is 4.57 Å². The number of hydrogen-bond donors (Lipinski definition) is 5. The van der Waals surface area contributed by atoms with Gasteiger partial charge in [0.05, 0.1) is 0 Å². The van der Waals surface area contributed by atoms with Gasteiger partial charge in [0, 0.05) is 23.6 Å². The van der Waals surface area contributed by atoms with E-state index < -0.39 is 12.5 Å². The van der Waals surface area contributed by atoms with E-state index >= 15 is 0 Å². The highest BCUT2D eigenvalue weighted by Gasteiger charge is 2.16. The number of nitrogens with zero attached hydrogens (tertiary/aromatic N) is 1. The van der Waals surface area contributed by atoms with Crippen LogP contribution in [-0.2, 0) is 17.8 Å². The number of nitrogens with two attached hydrogens (primary N) is 1. The number of aliphatic carboxylic acids is 1. The molecule has 1 aromatic carbocycles. The van der Waals surface area contributed by atoms with Gasteiger partial charge in [-0.15, -0.1) is 0 Å². The molecule has 0 aliphatic rings. The summed E-state index contributed by atoms with van der Waals surface area (Å²) in [7, 11) is 0. The Morgan fingerprint density at radius 1 is 1.24 bits per heavy atom. The summed E-state index contributed by atoms with van der Waals surface area (Å²) in [6.45, 7) is -0.513. The molecule has 0 fully saturated rings. The lowest BCUT2D eigenvalue weighted by Gasteiger charge is -2.05. The monoisotopic (exact) mass is 289 g/mol. The van der Waals surface area contributed by atoms with E-state index in [2.05, 4.69) is 0 Å². The average Bonchev–Trinajstić information content (AvgIpc) is 2.67. The minimum absolute atomic E-state index is 0.0327. The minimum Gasteiger partial charge on any atom is -0.494 e. The summed E-state index contributed by atoms with van der Waals surface area (Å²) in [5, 5.41) is 35.6. The van der Waals surface area contributed by atoms with Crippen molar-refractivity contribution in [2.45, 2.75) is 13.0 Å². The van der Waals surface area contributed by atoms with Crippen LogP contribution in [0.5, 0.6) is 11.8 Å². The van der Waals surface area contributed by atoms with E-state index in [1.807, 2.05) is 0 Å². The van der Waals surface area contributed by atoms with Crippen molar-refractivity contribution in [2.75, 3.05) is 0 Å². The summed E-state index contributed by atoms with van der Waals surface area (Å²) in [4.78, 5) is 10.7. The van der Waals surface area contributed by atoms with E-state index in [0.29, 0.717) is 17.5 Å². The molecule has 2 rings (SSSR count). The fourth-order valence-electron chi connectivity index (χ4n) is 2.02. The summed E-state index contributed by atoms with van der Waals surface area (Å²) in [6.07, 6.45) is 0.324. The molecule has 21 heavy (non-hydrogen) atoms. The summed E-state index contributed by atoms with van der Waals surface area (Å²) in [6, 6.07) is 8.20. The van der Waals surface area contributed by atoms with Gasteiger partial charge < -0.3 is 21.1 Å². The Labute approximate surface area is 120 Å². The number of benzene rings is 1. The maximum absolute atomic E-state index is 10.7. The summed E-state index contributed by atoms with van der Waals surface area (Å²) < 4.78 is 0.918. The molecule has 0 saturated heterocycles. The van der Waals surface area contributed by atoms with Crippen LogP contribution in [0.1, 0.15) is 16.7 Å².